The van der Waals surface area contributed by atoms with Gasteiger partial charge in [0.15, 0.2) is 0 Å². The van der Waals surface area contributed by atoms with Gasteiger partial charge in [-0.1, -0.05) is 4.73 Å². The summed E-state index contributed by atoms with van der Waals surface area (Å²) in [6.45, 7) is 1.95. The molecule has 5 nitrogen and oxygen atoms in total. The molecule has 0 saturated carbocycles. The van der Waals surface area contributed by atoms with E-state index in [4.69, 9.17) is 2.82 Å². The predicted molar refractivity (Wildman–Crippen MR) is 58.7 cm³/mol. The first-order valence-corrected chi connectivity index (χ1v) is 5.16. The molecule has 2 rings (SSSR count). The van der Waals surface area contributed by atoms with Gasteiger partial charge in [0.25, 0.3) is 14.5 Å². The van der Waals surface area contributed by atoms with Crippen molar-refractivity contribution in [1.82, 2.24) is 0 Å². The molecule has 0 bridgehead atoms. The van der Waals surface area contributed by atoms with Gasteiger partial charge in [-0.3, -0.25) is 0 Å². The number of pyridine rings is 1. The van der Waals surface area contributed by atoms with Crippen LogP contribution in [0.2, 0.25) is 2.82 Å². The molecule has 15 heavy (non-hydrogen) atoms. The van der Waals surface area contributed by atoms with Crippen LogP contribution in [0.15, 0.2) is 12.1 Å². The first-order valence-electron chi connectivity index (χ1n) is 6.16. The Kier molecular flexibility index (Phi) is 1.95. The van der Waals surface area contributed by atoms with Crippen LogP contribution in [0.3, 0.4) is 0 Å². The molecule has 1 saturated heterocycles. The van der Waals surface area contributed by atoms with Crippen molar-refractivity contribution < 1.29 is 12.8 Å². The minimum absolute atomic E-state index is 0.239. The van der Waals surface area contributed by atoms with E-state index in [9.17, 15) is 5.21 Å². The molecule has 1 aromatic rings. The van der Waals surface area contributed by atoms with Gasteiger partial charge >= 0.3 is 0 Å². The highest BCUT2D eigenvalue weighted by Gasteiger charge is 2.15. The Morgan fingerprint density at radius 3 is 2.33 bits per heavy atom. The van der Waals surface area contributed by atoms with Gasteiger partial charge in [0, 0.05) is 25.2 Å². The van der Waals surface area contributed by atoms with Crippen LogP contribution >= 0.6 is 0 Å². The fourth-order valence-corrected chi connectivity index (χ4v) is 1.91. The molecule has 1 fully saturated rings. The number of aromatic nitrogens is 1. The van der Waals surface area contributed by atoms with Crippen LogP contribution in [0, 0.1) is 0 Å². The summed E-state index contributed by atoms with van der Waals surface area (Å²) in [6, 6.07) is 3.42. The van der Waals surface area contributed by atoms with Gasteiger partial charge in [-0.25, -0.2) is 0 Å². The number of nitrogens with two attached hydrogens (primary N) is 2. The highest BCUT2D eigenvalue weighted by molar-refractivity contribution is 5.55. The largest absolute Gasteiger partial charge is 0.371 e. The van der Waals surface area contributed by atoms with Crippen molar-refractivity contribution in [2.45, 2.75) is 19.3 Å². The minimum Gasteiger partial charge on any atom is -0.371 e. The summed E-state index contributed by atoms with van der Waals surface area (Å²) < 4.78 is 15.0. The Balaban J connectivity index is 2.33. The maximum Gasteiger partial charge on any atom is 0.260 e. The van der Waals surface area contributed by atoms with Crippen LogP contribution < -0.4 is 21.1 Å². The second-order valence-electron chi connectivity index (χ2n) is 3.84. The van der Waals surface area contributed by atoms with E-state index in [0.717, 1.165) is 36.3 Å². The van der Waals surface area contributed by atoms with Crippen molar-refractivity contribution in [3.05, 3.63) is 12.1 Å². The predicted octanol–water partition coefficient (Wildman–Crippen LogP) is 0.366. The first kappa shape index (κ1) is 7.62. The summed E-state index contributed by atoms with van der Waals surface area (Å²) in [5.74, 6) is 0.477. The molecule has 0 unspecified atom stereocenters. The highest BCUT2D eigenvalue weighted by Crippen LogP contribution is 2.21. The maximum absolute atomic E-state index is 9.64. The van der Waals surface area contributed by atoms with Crippen LogP contribution in [-0.4, -0.2) is 18.3 Å². The van der Waals surface area contributed by atoms with Gasteiger partial charge in [0.1, 0.15) is 0 Å². The lowest BCUT2D eigenvalue weighted by molar-refractivity contribution is -0.881. The zero-order valence-corrected chi connectivity index (χ0v) is 8.53. The number of anilines is 3. The fourth-order valence-electron chi connectivity index (χ4n) is 1.91. The van der Waals surface area contributed by atoms with Crippen molar-refractivity contribution in [3.8, 4) is 0 Å². The average molecular weight is 211 g/mol. The molecular formula is C10H17N4O+. The van der Waals surface area contributed by atoms with Crippen molar-refractivity contribution >= 4 is 17.3 Å². The van der Waals surface area contributed by atoms with Crippen molar-refractivity contribution in [1.29, 1.82) is 0 Å². The van der Waals surface area contributed by atoms with Gasteiger partial charge in [-0.05, 0) is 19.3 Å². The Bertz CT molecular complexity index is 371. The van der Waals surface area contributed by atoms with Crippen LogP contribution in [0.1, 0.15) is 19.3 Å². The van der Waals surface area contributed by atoms with Gasteiger partial charge < -0.3 is 21.6 Å². The van der Waals surface area contributed by atoms with E-state index < -0.39 is 0 Å². The molecule has 1 aliphatic rings. The minimum atomic E-state index is 0.239. The van der Waals surface area contributed by atoms with Crippen molar-refractivity contribution in [2.75, 3.05) is 29.4 Å². The first-order chi connectivity index (χ1) is 8.26. The van der Waals surface area contributed by atoms with E-state index >= 15 is 0 Å². The molecule has 1 aliphatic heterocycles. The normalized spacial score (nSPS) is 18.0. The maximum atomic E-state index is 9.64. The summed E-state index contributed by atoms with van der Waals surface area (Å²) in [7, 11) is 0. The second kappa shape index (κ2) is 3.84. The lowest BCUT2D eigenvalue weighted by Gasteiger charge is -2.28. The summed E-state index contributed by atoms with van der Waals surface area (Å²) >= 11 is 0. The third kappa shape index (κ3) is 1.91. The smallest absolute Gasteiger partial charge is 0.260 e. The topological polar surface area (TPSA) is 79.4 Å². The number of piperidine rings is 1. The number of nitrogen functional groups attached to an aromatic ring is 2. The Labute approximate surface area is 91.8 Å². The Morgan fingerprint density at radius 1 is 1.20 bits per heavy atom. The highest BCUT2D eigenvalue weighted by atomic mass is 16.5. The van der Waals surface area contributed by atoms with E-state index in [-0.39, 0.29) is 11.6 Å². The molecule has 5 N–H and O–H groups in total. The lowest BCUT2D eigenvalue weighted by atomic mass is 10.1. The third-order valence-electron chi connectivity index (χ3n) is 2.75. The van der Waals surface area contributed by atoms with Gasteiger partial charge in [-0.15, -0.1) is 0 Å². The van der Waals surface area contributed by atoms with E-state index in [1.165, 1.54) is 6.42 Å². The molecular weight excluding hydrogens is 192 g/mol. The summed E-state index contributed by atoms with van der Waals surface area (Å²) in [4.78, 5) is 2.20. The molecule has 0 spiro atoms. The standard InChI is InChI=1S/C10H16N4O/c11-9-6-8(7-10(12)14(9)15)13-4-2-1-3-5-13/h6-7,15H,1-5H2,(H3,11,12)/p+1/i/hD2. The van der Waals surface area contributed by atoms with Crippen molar-refractivity contribution in [2.24, 2.45) is 0 Å². The number of rotatable bonds is 3. The van der Waals surface area contributed by atoms with E-state index in [1.807, 2.05) is 0 Å². The van der Waals surface area contributed by atoms with E-state index in [2.05, 4.69) is 16.4 Å². The van der Waals surface area contributed by atoms with Gasteiger partial charge in [0.05, 0.1) is 5.69 Å². The summed E-state index contributed by atoms with van der Waals surface area (Å²) in [5.41, 5.74) is 5.24. The van der Waals surface area contributed by atoms with Crippen LogP contribution in [0.4, 0.5) is 17.3 Å². The molecule has 0 aliphatic carbocycles. The molecule has 5 heteroatoms. The molecule has 1 aromatic heterocycles. The molecule has 0 aromatic carbocycles. The van der Waals surface area contributed by atoms with Crippen LogP contribution in [-0.2, 0) is 0 Å². The number of hydrogen-bond donors (Lipinski definition) is 3. The molecule has 82 valence electrons. The van der Waals surface area contributed by atoms with E-state index in [1.54, 1.807) is 12.1 Å². The monoisotopic (exact) mass is 211 g/mol. The van der Waals surface area contributed by atoms with Gasteiger partial charge in [0.2, 0.25) is 0 Å². The zero-order valence-electron chi connectivity index (χ0n) is 10.5. The SMILES string of the molecule is [2H]Nc1cc(N2CCCCC2)cc(N[2H])[n+]1O. The molecule has 0 atom stereocenters. The number of hydrogen-bond acceptors (Lipinski definition) is 4. The fraction of sp³-hybridized carbons (Fsp3) is 0.500. The average Bonchev–Trinajstić information content (AvgIpc) is 2.40. The Morgan fingerprint density at radius 2 is 1.80 bits per heavy atom. The zero-order chi connectivity index (χ0) is 12.3. The van der Waals surface area contributed by atoms with E-state index in [0.29, 0.717) is 0 Å². The second-order valence-corrected chi connectivity index (χ2v) is 3.84. The van der Waals surface area contributed by atoms with Gasteiger partial charge in [-0.2, -0.15) is 0 Å². The van der Waals surface area contributed by atoms with Crippen LogP contribution in [0.25, 0.3) is 0 Å². The quantitative estimate of drug-likeness (QED) is 0.498. The summed E-state index contributed by atoms with van der Waals surface area (Å²) in [5, 5.41) is 9.64. The molecule has 0 amide bonds. The number of nitrogens with zero attached hydrogens (tertiary/aromatic N) is 2. The summed E-state index contributed by atoms with van der Waals surface area (Å²) in [6.07, 6.45) is 3.55. The molecule has 2 heterocycles. The third-order valence-corrected chi connectivity index (χ3v) is 2.75. The Hall–Kier alpha value is -1.65. The van der Waals surface area contributed by atoms with Crippen molar-refractivity contribution in [3.63, 3.8) is 0 Å². The molecule has 0 radical (unpaired) electrons. The van der Waals surface area contributed by atoms with Crippen LogP contribution in [0.5, 0.6) is 0 Å². The lowest BCUT2D eigenvalue weighted by Crippen LogP contribution is -2.38.